The molecule has 0 radical (unpaired) electrons. The van der Waals surface area contributed by atoms with Crippen molar-refractivity contribution < 1.29 is 4.52 Å². The smallest absolute Gasteiger partial charge is 0.234 e. The molecule has 0 aromatic carbocycles. The van der Waals surface area contributed by atoms with Gasteiger partial charge in [0, 0.05) is 25.4 Å². The van der Waals surface area contributed by atoms with E-state index in [-0.39, 0.29) is 5.41 Å². The van der Waals surface area contributed by atoms with Crippen LogP contribution in [0.5, 0.6) is 0 Å². The van der Waals surface area contributed by atoms with Crippen LogP contribution in [0, 0.1) is 0 Å². The maximum Gasteiger partial charge on any atom is 0.234 e. The van der Waals surface area contributed by atoms with Crippen molar-refractivity contribution >= 4 is 0 Å². The summed E-state index contributed by atoms with van der Waals surface area (Å²) >= 11 is 0. The molecular weight excluding hydrogens is 252 g/mol. The highest BCUT2D eigenvalue weighted by Gasteiger charge is 2.39. The molecule has 1 unspecified atom stereocenters. The zero-order valence-corrected chi connectivity index (χ0v) is 11.8. The largest absolute Gasteiger partial charge is 0.339 e. The van der Waals surface area contributed by atoms with E-state index in [1.54, 1.807) is 6.20 Å². The Kier molecular flexibility index (Phi) is 3.78. The molecule has 1 aliphatic heterocycles. The van der Waals surface area contributed by atoms with Crippen molar-refractivity contribution in [2.45, 2.75) is 38.0 Å². The van der Waals surface area contributed by atoms with Gasteiger partial charge in [0.25, 0.3) is 0 Å². The zero-order valence-electron chi connectivity index (χ0n) is 11.8. The monoisotopic (exact) mass is 272 g/mol. The van der Waals surface area contributed by atoms with E-state index in [4.69, 9.17) is 4.52 Å². The van der Waals surface area contributed by atoms with Gasteiger partial charge in [0.1, 0.15) is 0 Å². The summed E-state index contributed by atoms with van der Waals surface area (Å²) in [5.74, 6) is 1.54. The molecule has 2 aromatic heterocycles. The molecule has 106 valence electrons. The van der Waals surface area contributed by atoms with Crippen molar-refractivity contribution in [2.75, 3.05) is 13.1 Å². The molecule has 1 atom stereocenters. The number of nitrogens with one attached hydrogen (secondary N) is 1. The first-order valence-electron chi connectivity index (χ1n) is 7.25. The van der Waals surface area contributed by atoms with Crippen LogP contribution in [-0.4, -0.2) is 28.2 Å². The van der Waals surface area contributed by atoms with E-state index >= 15 is 0 Å². The number of rotatable bonds is 5. The minimum absolute atomic E-state index is 0.0366. The van der Waals surface area contributed by atoms with Crippen LogP contribution < -0.4 is 5.32 Å². The number of aromatic nitrogens is 3. The van der Waals surface area contributed by atoms with Crippen molar-refractivity contribution in [1.29, 1.82) is 0 Å². The maximum atomic E-state index is 5.56. The summed E-state index contributed by atoms with van der Waals surface area (Å²) in [4.78, 5) is 8.74. The Bertz CT molecular complexity index is 546. The summed E-state index contributed by atoms with van der Waals surface area (Å²) in [5.41, 5.74) is 1.14. The first kappa shape index (κ1) is 13.2. The normalized spacial score (nSPS) is 22.2. The summed E-state index contributed by atoms with van der Waals surface area (Å²) in [6.07, 6.45) is 7.58. The maximum absolute atomic E-state index is 5.56. The lowest BCUT2D eigenvalue weighted by atomic mass is 9.82. The first-order chi connectivity index (χ1) is 9.82. The van der Waals surface area contributed by atoms with E-state index in [1.807, 2.05) is 18.3 Å². The van der Waals surface area contributed by atoms with E-state index in [0.717, 1.165) is 49.6 Å². The zero-order chi connectivity index (χ0) is 13.8. The van der Waals surface area contributed by atoms with E-state index in [2.05, 4.69) is 27.4 Å². The molecule has 1 N–H and O–H groups in total. The molecule has 0 aliphatic carbocycles. The Balaban J connectivity index is 1.79. The van der Waals surface area contributed by atoms with E-state index in [0.29, 0.717) is 6.42 Å². The van der Waals surface area contributed by atoms with Crippen LogP contribution in [0.15, 0.2) is 29.0 Å². The number of hydrogen-bond donors (Lipinski definition) is 1. The van der Waals surface area contributed by atoms with Gasteiger partial charge in [-0.15, -0.1) is 0 Å². The lowest BCUT2D eigenvalue weighted by molar-refractivity contribution is 0.276. The second kappa shape index (κ2) is 5.71. The fourth-order valence-corrected chi connectivity index (χ4v) is 2.95. The third kappa shape index (κ3) is 2.58. The summed E-state index contributed by atoms with van der Waals surface area (Å²) in [6, 6.07) is 3.96. The van der Waals surface area contributed by atoms with E-state index in [9.17, 15) is 0 Å². The summed E-state index contributed by atoms with van der Waals surface area (Å²) in [5, 5.41) is 7.56. The number of pyridine rings is 1. The van der Waals surface area contributed by atoms with Gasteiger partial charge in [-0.1, -0.05) is 24.6 Å². The van der Waals surface area contributed by atoms with Gasteiger partial charge in [0.05, 0.1) is 5.41 Å². The van der Waals surface area contributed by atoms with Crippen molar-refractivity contribution in [3.05, 3.63) is 41.8 Å². The predicted molar refractivity (Wildman–Crippen MR) is 75.4 cm³/mol. The van der Waals surface area contributed by atoms with Gasteiger partial charge >= 0.3 is 0 Å². The predicted octanol–water partition coefficient (Wildman–Crippen LogP) is 2.09. The van der Waals surface area contributed by atoms with Gasteiger partial charge in [-0.2, -0.15) is 4.98 Å². The molecule has 2 aromatic rings. The van der Waals surface area contributed by atoms with Crippen LogP contribution in [0.1, 0.15) is 43.5 Å². The minimum Gasteiger partial charge on any atom is -0.339 e. The topological polar surface area (TPSA) is 63.8 Å². The fourth-order valence-electron chi connectivity index (χ4n) is 2.95. The fraction of sp³-hybridized carbons (Fsp3) is 0.533. The Hall–Kier alpha value is -1.75. The summed E-state index contributed by atoms with van der Waals surface area (Å²) < 4.78 is 5.56. The molecule has 20 heavy (non-hydrogen) atoms. The lowest BCUT2D eigenvalue weighted by Gasteiger charge is -2.22. The standard InChI is InChI=1S/C15H20N4O/c1-2-5-15(6-8-17-11-15)14-18-13(19-20-14)9-12-4-3-7-16-10-12/h3-4,7,10,17H,2,5-6,8-9,11H2,1H3. The third-order valence-corrected chi connectivity index (χ3v) is 3.98. The molecule has 5 heteroatoms. The van der Waals surface area contributed by atoms with Crippen LogP contribution in [0.4, 0.5) is 0 Å². The molecular formula is C15H20N4O. The Morgan fingerprint density at radius 1 is 1.45 bits per heavy atom. The highest BCUT2D eigenvalue weighted by molar-refractivity contribution is 5.16. The quantitative estimate of drug-likeness (QED) is 0.903. The molecule has 0 amide bonds. The molecule has 3 heterocycles. The second-order valence-corrected chi connectivity index (χ2v) is 5.51. The SMILES string of the molecule is CCCC1(c2nc(Cc3cccnc3)no2)CCNC1. The highest BCUT2D eigenvalue weighted by Crippen LogP contribution is 2.34. The van der Waals surface area contributed by atoms with Gasteiger partial charge in [0.2, 0.25) is 5.89 Å². The van der Waals surface area contributed by atoms with Crippen molar-refractivity contribution in [2.24, 2.45) is 0 Å². The van der Waals surface area contributed by atoms with Crippen LogP contribution in [0.2, 0.25) is 0 Å². The van der Waals surface area contributed by atoms with Crippen LogP contribution >= 0.6 is 0 Å². The van der Waals surface area contributed by atoms with Gasteiger partial charge in [0.15, 0.2) is 5.82 Å². The van der Waals surface area contributed by atoms with Crippen molar-refractivity contribution in [3.8, 4) is 0 Å². The van der Waals surface area contributed by atoms with Gasteiger partial charge in [-0.3, -0.25) is 4.98 Å². The molecule has 3 rings (SSSR count). The van der Waals surface area contributed by atoms with Gasteiger partial charge in [-0.25, -0.2) is 0 Å². The molecule has 0 saturated carbocycles. The van der Waals surface area contributed by atoms with E-state index in [1.165, 1.54) is 0 Å². The number of hydrogen-bond acceptors (Lipinski definition) is 5. The molecule has 1 fully saturated rings. The molecule has 0 spiro atoms. The summed E-state index contributed by atoms with van der Waals surface area (Å²) in [6.45, 7) is 4.17. The Morgan fingerprint density at radius 3 is 3.10 bits per heavy atom. The summed E-state index contributed by atoms with van der Waals surface area (Å²) in [7, 11) is 0. The van der Waals surface area contributed by atoms with Crippen LogP contribution in [0.25, 0.3) is 0 Å². The highest BCUT2D eigenvalue weighted by atomic mass is 16.5. The average molecular weight is 272 g/mol. The average Bonchev–Trinajstić information content (AvgIpc) is 3.10. The molecule has 1 aliphatic rings. The van der Waals surface area contributed by atoms with Gasteiger partial charge < -0.3 is 9.84 Å². The molecule has 5 nitrogen and oxygen atoms in total. The minimum atomic E-state index is 0.0366. The van der Waals surface area contributed by atoms with Crippen molar-refractivity contribution in [1.82, 2.24) is 20.4 Å². The van der Waals surface area contributed by atoms with Gasteiger partial charge in [-0.05, 0) is 31.0 Å². The first-order valence-corrected chi connectivity index (χ1v) is 7.25. The van der Waals surface area contributed by atoms with E-state index < -0.39 is 0 Å². The Labute approximate surface area is 118 Å². The third-order valence-electron chi connectivity index (χ3n) is 3.98. The lowest BCUT2D eigenvalue weighted by Crippen LogP contribution is -2.29. The van der Waals surface area contributed by atoms with Crippen LogP contribution in [-0.2, 0) is 11.8 Å². The Morgan fingerprint density at radius 2 is 2.40 bits per heavy atom. The van der Waals surface area contributed by atoms with Crippen LogP contribution in [0.3, 0.4) is 0 Å². The molecule has 1 saturated heterocycles. The molecule has 0 bridgehead atoms. The van der Waals surface area contributed by atoms with Crippen molar-refractivity contribution in [3.63, 3.8) is 0 Å². The number of nitrogens with zero attached hydrogens (tertiary/aromatic N) is 3. The second-order valence-electron chi connectivity index (χ2n) is 5.51.